The smallest absolute Gasteiger partial charge is 0.126 e. The average Bonchev–Trinajstić information content (AvgIpc) is 2.30. The molecule has 2 heterocycles. The summed E-state index contributed by atoms with van der Waals surface area (Å²) < 4.78 is 0.978. The predicted molar refractivity (Wildman–Crippen MR) is 63.5 cm³/mol. The molecular formula is C11H10BrN3. The van der Waals surface area contributed by atoms with Crippen molar-refractivity contribution >= 4 is 21.7 Å². The van der Waals surface area contributed by atoms with Crippen LogP contribution in [-0.4, -0.2) is 9.97 Å². The summed E-state index contributed by atoms with van der Waals surface area (Å²) in [7, 11) is 0. The van der Waals surface area contributed by atoms with E-state index in [2.05, 4.69) is 31.2 Å². The van der Waals surface area contributed by atoms with Crippen molar-refractivity contribution in [2.75, 3.05) is 5.32 Å². The molecule has 0 amide bonds. The summed E-state index contributed by atoms with van der Waals surface area (Å²) >= 11 is 3.34. The molecule has 0 atom stereocenters. The van der Waals surface area contributed by atoms with E-state index in [4.69, 9.17) is 0 Å². The summed E-state index contributed by atoms with van der Waals surface area (Å²) in [5.74, 6) is 0.851. The van der Waals surface area contributed by atoms with Gasteiger partial charge in [-0.05, 0) is 40.2 Å². The Morgan fingerprint density at radius 1 is 1.13 bits per heavy atom. The highest BCUT2D eigenvalue weighted by Crippen LogP contribution is 2.10. The lowest BCUT2D eigenvalue weighted by Crippen LogP contribution is -2.02. The lowest BCUT2D eigenvalue weighted by atomic mass is 10.3. The molecule has 76 valence electrons. The molecule has 3 nitrogen and oxygen atoms in total. The fraction of sp³-hybridized carbons (Fsp3) is 0.0909. The third kappa shape index (κ3) is 3.02. The van der Waals surface area contributed by atoms with Gasteiger partial charge in [0.25, 0.3) is 0 Å². The molecular weight excluding hydrogens is 254 g/mol. The standard InChI is InChI=1S/C11H10BrN3/c12-9-4-5-11(14-7-9)15-8-10-3-1-2-6-13-10/h1-7H,8H2,(H,14,15). The van der Waals surface area contributed by atoms with E-state index in [1.807, 2.05) is 30.3 Å². The molecule has 0 saturated carbocycles. The molecule has 0 unspecified atom stereocenters. The molecule has 0 spiro atoms. The van der Waals surface area contributed by atoms with E-state index in [-0.39, 0.29) is 0 Å². The number of nitrogens with one attached hydrogen (secondary N) is 1. The first-order valence-electron chi connectivity index (χ1n) is 4.60. The zero-order valence-electron chi connectivity index (χ0n) is 8.02. The molecule has 2 aromatic heterocycles. The Morgan fingerprint density at radius 3 is 2.73 bits per heavy atom. The van der Waals surface area contributed by atoms with Gasteiger partial charge in [-0.1, -0.05) is 6.07 Å². The van der Waals surface area contributed by atoms with Crippen LogP contribution in [0.2, 0.25) is 0 Å². The zero-order chi connectivity index (χ0) is 10.5. The summed E-state index contributed by atoms with van der Waals surface area (Å²) in [5, 5.41) is 3.19. The van der Waals surface area contributed by atoms with Crippen LogP contribution < -0.4 is 5.32 Å². The summed E-state index contributed by atoms with van der Waals surface area (Å²) in [4.78, 5) is 8.42. The number of nitrogens with zero attached hydrogens (tertiary/aromatic N) is 2. The number of hydrogen-bond acceptors (Lipinski definition) is 3. The SMILES string of the molecule is Brc1ccc(NCc2ccccn2)nc1. The van der Waals surface area contributed by atoms with Gasteiger partial charge < -0.3 is 5.32 Å². The minimum atomic E-state index is 0.690. The molecule has 0 radical (unpaired) electrons. The monoisotopic (exact) mass is 263 g/mol. The van der Waals surface area contributed by atoms with Gasteiger partial charge in [0.05, 0.1) is 12.2 Å². The number of aromatic nitrogens is 2. The lowest BCUT2D eigenvalue weighted by Gasteiger charge is -2.04. The fourth-order valence-corrected chi connectivity index (χ4v) is 1.40. The molecule has 4 heteroatoms. The van der Waals surface area contributed by atoms with E-state index in [9.17, 15) is 0 Å². The summed E-state index contributed by atoms with van der Waals surface area (Å²) in [6, 6.07) is 9.73. The van der Waals surface area contributed by atoms with E-state index in [0.717, 1.165) is 16.0 Å². The van der Waals surface area contributed by atoms with Gasteiger partial charge in [-0.2, -0.15) is 0 Å². The van der Waals surface area contributed by atoms with Crippen molar-refractivity contribution in [1.82, 2.24) is 9.97 Å². The molecule has 0 aromatic carbocycles. The van der Waals surface area contributed by atoms with Gasteiger partial charge >= 0.3 is 0 Å². The number of rotatable bonds is 3. The highest BCUT2D eigenvalue weighted by molar-refractivity contribution is 9.10. The topological polar surface area (TPSA) is 37.8 Å². The van der Waals surface area contributed by atoms with Crippen LogP contribution in [0.3, 0.4) is 0 Å². The normalized spacial score (nSPS) is 9.93. The van der Waals surface area contributed by atoms with Crippen molar-refractivity contribution < 1.29 is 0 Å². The summed E-state index contributed by atoms with van der Waals surface area (Å²) in [6.07, 6.45) is 3.55. The Bertz CT molecular complexity index is 414. The minimum absolute atomic E-state index is 0.690. The quantitative estimate of drug-likeness (QED) is 0.926. The van der Waals surface area contributed by atoms with Crippen LogP contribution in [0.5, 0.6) is 0 Å². The van der Waals surface area contributed by atoms with Gasteiger partial charge in [0, 0.05) is 16.9 Å². The second kappa shape index (κ2) is 4.89. The number of halogens is 1. The van der Waals surface area contributed by atoms with E-state index >= 15 is 0 Å². The highest BCUT2D eigenvalue weighted by Gasteiger charge is 1.95. The first-order valence-corrected chi connectivity index (χ1v) is 5.39. The van der Waals surface area contributed by atoms with Crippen molar-refractivity contribution in [2.45, 2.75) is 6.54 Å². The number of pyridine rings is 2. The van der Waals surface area contributed by atoms with E-state index in [0.29, 0.717) is 6.54 Å². The van der Waals surface area contributed by atoms with E-state index < -0.39 is 0 Å². The molecule has 0 bridgehead atoms. The lowest BCUT2D eigenvalue weighted by molar-refractivity contribution is 1.03. The van der Waals surface area contributed by atoms with Crippen molar-refractivity contribution in [3.8, 4) is 0 Å². The Morgan fingerprint density at radius 2 is 2.07 bits per heavy atom. The van der Waals surface area contributed by atoms with Crippen molar-refractivity contribution in [3.63, 3.8) is 0 Å². The van der Waals surface area contributed by atoms with Crippen LogP contribution >= 0.6 is 15.9 Å². The van der Waals surface area contributed by atoms with Gasteiger partial charge in [-0.25, -0.2) is 4.98 Å². The molecule has 0 fully saturated rings. The summed E-state index contributed by atoms with van der Waals surface area (Å²) in [6.45, 7) is 0.690. The molecule has 15 heavy (non-hydrogen) atoms. The maximum absolute atomic E-state index is 4.21. The fourth-order valence-electron chi connectivity index (χ4n) is 1.16. The van der Waals surface area contributed by atoms with Crippen molar-refractivity contribution in [3.05, 3.63) is 52.9 Å². The van der Waals surface area contributed by atoms with E-state index in [1.165, 1.54) is 0 Å². The predicted octanol–water partition coefficient (Wildman–Crippen LogP) is 2.85. The minimum Gasteiger partial charge on any atom is -0.364 e. The van der Waals surface area contributed by atoms with Gasteiger partial charge in [0.15, 0.2) is 0 Å². The van der Waals surface area contributed by atoms with Crippen LogP contribution in [0.25, 0.3) is 0 Å². The van der Waals surface area contributed by atoms with Crippen LogP contribution in [-0.2, 0) is 6.54 Å². The molecule has 2 rings (SSSR count). The third-order valence-corrected chi connectivity index (χ3v) is 2.37. The first-order chi connectivity index (χ1) is 7.34. The molecule has 0 saturated heterocycles. The molecule has 0 aliphatic carbocycles. The Balaban J connectivity index is 1.96. The molecule has 0 aliphatic rings. The van der Waals surface area contributed by atoms with Crippen LogP contribution in [0.1, 0.15) is 5.69 Å². The maximum atomic E-state index is 4.21. The number of anilines is 1. The second-order valence-corrected chi connectivity index (χ2v) is 3.95. The molecule has 2 aromatic rings. The number of hydrogen-bond donors (Lipinski definition) is 1. The van der Waals surface area contributed by atoms with Gasteiger partial charge in [0.1, 0.15) is 5.82 Å². The van der Waals surface area contributed by atoms with Gasteiger partial charge in [-0.3, -0.25) is 4.98 Å². The Labute approximate surface area is 96.7 Å². The van der Waals surface area contributed by atoms with Crippen LogP contribution in [0.4, 0.5) is 5.82 Å². The average molecular weight is 264 g/mol. The van der Waals surface area contributed by atoms with Gasteiger partial charge in [-0.15, -0.1) is 0 Å². The molecule has 1 N–H and O–H groups in total. The maximum Gasteiger partial charge on any atom is 0.126 e. The Hall–Kier alpha value is -1.42. The summed E-state index contributed by atoms with van der Waals surface area (Å²) in [5.41, 5.74) is 1.00. The van der Waals surface area contributed by atoms with Gasteiger partial charge in [0.2, 0.25) is 0 Å². The zero-order valence-corrected chi connectivity index (χ0v) is 9.61. The molecule has 0 aliphatic heterocycles. The van der Waals surface area contributed by atoms with Crippen LogP contribution in [0.15, 0.2) is 47.2 Å². The van der Waals surface area contributed by atoms with Crippen LogP contribution in [0, 0.1) is 0 Å². The van der Waals surface area contributed by atoms with E-state index in [1.54, 1.807) is 12.4 Å². The third-order valence-electron chi connectivity index (χ3n) is 1.90. The second-order valence-electron chi connectivity index (χ2n) is 3.04. The first kappa shape index (κ1) is 10.1. The highest BCUT2D eigenvalue weighted by atomic mass is 79.9. The van der Waals surface area contributed by atoms with Crippen molar-refractivity contribution in [1.29, 1.82) is 0 Å². The van der Waals surface area contributed by atoms with Crippen molar-refractivity contribution in [2.24, 2.45) is 0 Å². The Kier molecular flexibility index (Phi) is 3.29. The largest absolute Gasteiger partial charge is 0.364 e.